The Hall–Kier alpha value is -0.520. The Morgan fingerprint density at radius 3 is 2.29 bits per heavy atom. The summed E-state index contributed by atoms with van der Waals surface area (Å²) in [5.41, 5.74) is 0. The Labute approximate surface area is 90.6 Å². The molecule has 0 bridgehead atoms. The molecule has 0 saturated carbocycles. The molecule has 0 amide bonds. The lowest BCUT2D eigenvalue weighted by Gasteiger charge is -2.05. The second-order valence-electron chi connectivity index (χ2n) is 2.36. The van der Waals surface area contributed by atoms with Crippen LogP contribution in [-0.4, -0.2) is 15.5 Å². The van der Waals surface area contributed by atoms with Crippen molar-refractivity contribution in [1.82, 2.24) is 0 Å². The summed E-state index contributed by atoms with van der Waals surface area (Å²) in [6, 6.07) is 2.04. The standard InChI is InChI=1S/C7H5Cl2FO3S/c1-13-6-3-7(14(10,11)12)5(9)2-4(6)8/h2-3H,1H3. The minimum atomic E-state index is -4.85. The van der Waals surface area contributed by atoms with Gasteiger partial charge in [0.05, 0.1) is 17.2 Å². The van der Waals surface area contributed by atoms with E-state index in [1.165, 1.54) is 7.11 Å². The molecule has 0 aliphatic rings. The zero-order chi connectivity index (χ0) is 10.9. The van der Waals surface area contributed by atoms with Gasteiger partial charge in [0.1, 0.15) is 10.6 Å². The normalized spacial score (nSPS) is 11.4. The van der Waals surface area contributed by atoms with Crippen molar-refractivity contribution in [1.29, 1.82) is 0 Å². The largest absolute Gasteiger partial charge is 0.495 e. The molecule has 0 aromatic heterocycles. The van der Waals surface area contributed by atoms with Gasteiger partial charge in [-0.1, -0.05) is 23.2 Å². The van der Waals surface area contributed by atoms with Crippen LogP contribution in [0.15, 0.2) is 17.0 Å². The van der Waals surface area contributed by atoms with Crippen LogP contribution >= 0.6 is 23.2 Å². The lowest BCUT2D eigenvalue weighted by atomic mass is 10.3. The van der Waals surface area contributed by atoms with Crippen molar-refractivity contribution >= 4 is 33.4 Å². The number of hydrogen-bond donors (Lipinski definition) is 0. The molecule has 0 unspecified atom stereocenters. The van der Waals surface area contributed by atoms with E-state index >= 15 is 0 Å². The second-order valence-corrected chi connectivity index (χ2v) is 4.48. The molecular weight excluding hydrogens is 254 g/mol. The first-order valence-electron chi connectivity index (χ1n) is 3.34. The van der Waals surface area contributed by atoms with Crippen molar-refractivity contribution in [2.24, 2.45) is 0 Å². The molecule has 0 aliphatic carbocycles. The van der Waals surface area contributed by atoms with E-state index < -0.39 is 15.1 Å². The van der Waals surface area contributed by atoms with Gasteiger partial charge in [-0.3, -0.25) is 0 Å². The van der Waals surface area contributed by atoms with Crippen LogP contribution in [0.3, 0.4) is 0 Å². The maximum Gasteiger partial charge on any atom is 0.333 e. The summed E-state index contributed by atoms with van der Waals surface area (Å²) in [5.74, 6) is 0.0484. The summed E-state index contributed by atoms with van der Waals surface area (Å²) in [5, 5.41) is -0.164. The highest BCUT2D eigenvalue weighted by molar-refractivity contribution is 7.86. The topological polar surface area (TPSA) is 43.4 Å². The quantitative estimate of drug-likeness (QED) is 0.767. The van der Waals surface area contributed by atoms with Gasteiger partial charge in [0.2, 0.25) is 0 Å². The molecule has 78 valence electrons. The van der Waals surface area contributed by atoms with Crippen molar-refractivity contribution in [2.75, 3.05) is 7.11 Å². The molecule has 0 spiro atoms. The summed E-state index contributed by atoms with van der Waals surface area (Å²) >= 11 is 11.1. The van der Waals surface area contributed by atoms with Gasteiger partial charge in [0.25, 0.3) is 0 Å². The molecule has 14 heavy (non-hydrogen) atoms. The highest BCUT2D eigenvalue weighted by Gasteiger charge is 2.19. The van der Waals surface area contributed by atoms with Gasteiger partial charge in [-0.25, -0.2) is 0 Å². The van der Waals surface area contributed by atoms with Crippen molar-refractivity contribution in [2.45, 2.75) is 4.90 Å². The predicted octanol–water partition coefficient (Wildman–Crippen LogP) is 2.66. The van der Waals surface area contributed by atoms with Crippen molar-refractivity contribution in [3.8, 4) is 5.75 Å². The van der Waals surface area contributed by atoms with E-state index in [-0.39, 0.29) is 15.8 Å². The van der Waals surface area contributed by atoms with E-state index in [0.717, 1.165) is 12.1 Å². The monoisotopic (exact) mass is 258 g/mol. The lowest BCUT2D eigenvalue weighted by Crippen LogP contribution is -1.95. The lowest BCUT2D eigenvalue weighted by molar-refractivity contribution is 0.413. The molecule has 0 heterocycles. The fourth-order valence-corrected chi connectivity index (χ4v) is 2.13. The average Bonchev–Trinajstić information content (AvgIpc) is 2.02. The fourth-order valence-electron chi connectivity index (χ4n) is 0.854. The molecule has 0 atom stereocenters. The van der Waals surface area contributed by atoms with Gasteiger partial charge in [-0.15, -0.1) is 3.89 Å². The van der Waals surface area contributed by atoms with Crippen LogP contribution in [0.2, 0.25) is 10.0 Å². The molecule has 0 saturated heterocycles. The molecular formula is C7H5Cl2FO3S. The van der Waals surface area contributed by atoms with Gasteiger partial charge >= 0.3 is 10.2 Å². The molecule has 1 aromatic carbocycles. The van der Waals surface area contributed by atoms with E-state index in [2.05, 4.69) is 0 Å². The first-order valence-corrected chi connectivity index (χ1v) is 5.48. The van der Waals surface area contributed by atoms with E-state index in [9.17, 15) is 12.3 Å². The third-order valence-corrected chi connectivity index (χ3v) is 3.05. The predicted molar refractivity (Wildman–Crippen MR) is 51.3 cm³/mol. The summed E-state index contributed by atoms with van der Waals surface area (Å²) in [4.78, 5) is -0.652. The number of halogens is 3. The Bertz CT molecular complexity index is 458. The zero-order valence-corrected chi connectivity index (χ0v) is 9.25. The molecule has 0 N–H and O–H groups in total. The molecule has 0 aliphatic heterocycles. The maximum atomic E-state index is 12.6. The van der Waals surface area contributed by atoms with Crippen LogP contribution in [0.4, 0.5) is 3.89 Å². The highest BCUT2D eigenvalue weighted by atomic mass is 35.5. The Morgan fingerprint density at radius 1 is 1.29 bits per heavy atom. The summed E-state index contributed by atoms with van der Waals surface area (Å²) in [6.07, 6.45) is 0. The number of rotatable bonds is 2. The third-order valence-electron chi connectivity index (χ3n) is 1.47. The molecule has 0 radical (unpaired) electrons. The highest BCUT2D eigenvalue weighted by Crippen LogP contribution is 2.33. The molecule has 1 aromatic rings. The maximum absolute atomic E-state index is 12.6. The van der Waals surface area contributed by atoms with E-state index in [1.54, 1.807) is 0 Å². The summed E-state index contributed by atoms with van der Waals surface area (Å²) in [7, 11) is -3.57. The zero-order valence-electron chi connectivity index (χ0n) is 6.92. The Balaban J connectivity index is 3.47. The van der Waals surface area contributed by atoms with Gasteiger partial charge in [0, 0.05) is 6.07 Å². The van der Waals surface area contributed by atoms with Crippen LogP contribution in [0.5, 0.6) is 5.75 Å². The fraction of sp³-hybridized carbons (Fsp3) is 0.143. The van der Waals surface area contributed by atoms with E-state index in [4.69, 9.17) is 27.9 Å². The average molecular weight is 259 g/mol. The van der Waals surface area contributed by atoms with E-state index in [1.807, 2.05) is 0 Å². The Morgan fingerprint density at radius 2 is 1.86 bits per heavy atom. The smallest absolute Gasteiger partial charge is 0.333 e. The van der Waals surface area contributed by atoms with E-state index in [0.29, 0.717) is 0 Å². The van der Waals surface area contributed by atoms with Gasteiger partial charge in [-0.2, -0.15) is 8.42 Å². The summed E-state index contributed by atoms with van der Waals surface area (Å²) < 4.78 is 38.5. The number of hydrogen-bond acceptors (Lipinski definition) is 3. The molecule has 3 nitrogen and oxygen atoms in total. The van der Waals surface area contributed by atoms with Gasteiger partial charge in [0.15, 0.2) is 0 Å². The van der Waals surface area contributed by atoms with Crippen LogP contribution in [0.1, 0.15) is 0 Å². The Kier molecular flexibility index (Phi) is 3.24. The minimum absolute atomic E-state index is 0.0484. The first kappa shape index (κ1) is 11.6. The molecule has 1 rings (SSSR count). The van der Waals surface area contributed by atoms with Crippen LogP contribution in [0.25, 0.3) is 0 Å². The van der Waals surface area contributed by atoms with Crippen LogP contribution in [0, 0.1) is 0 Å². The third kappa shape index (κ3) is 2.29. The molecule has 0 fully saturated rings. The number of benzene rings is 1. The van der Waals surface area contributed by atoms with Gasteiger partial charge in [-0.05, 0) is 6.07 Å². The minimum Gasteiger partial charge on any atom is -0.495 e. The van der Waals surface area contributed by atoms with Crippen LogP contribution in [-0.2, 0) is 10.2 Å². The van der Waals surface area contributed by atoms with Crippen LogP contribution < -0.4 is 4.74 Å². The van der Waals surface area contributed by atoms with Crippen molar-refractivity contribution in [3.63, 3.8) is 0 Å². The SMILES string of the molecule is COc1cc(S(=O)(=O)F)c(Cl)cc1Cl. The number of ether oxygens (including phenoxy) is 1. The molecule has 7 heteroatoms. The van der Waals surface area contributed by atoms with Crippen molar-refractivity contribution < 1.29 is 17.0 Å². The summed E-state index contributed by atoms with van der Waals surface area (Å²) in [6.45, 7) is 0. The second kappa shape index (κ2) is 3.92. The van der Waals surface area contributed by atoms with Crippen molar-refractivity contribution in [3.05, 3.63) is 22.2 Å². The number of methoxy groups -OCH3 is 1. The van der Waals surface area contributed by atoms with Gasteiger partial charge < -0.3 is 4.74 Å². The first-order chi connectivity index (χ1) is 6.36.